The molecule has 0 aliphatic carbocycles. The highest BCUT2D eigenvalue weighted by molar-refractivity contribution is 5.94. The molecule has 3 heterocycles. The summed E-state index contributed by atoms with van der Waals surface area (Å²) >= 11 is 0. The fraction of sp³-hybridized carbons (Fsp3) is 0.333. The van der Waals surface area contributed by atoms with Gasteiger partial charge < -0.3 is 9.47 Å². The normalized spacial score (nSPS) is 22.2. The second-order valence-corrected chi connectivity index (χ2v) is 6.54. The number of carbonyl (C=O) groups excluding carboxylic acids is 1. The van der Waals surface area contributed by atoms with Crippen LogP contribution in [0, 0.1) is 17.6 Å². The Hall–Kier alpha value is -2.50. The van der Waals surface area contributed by atoms with Crippen molar-refractivity contribution in [3.8, 4) is 0 Å². The summed E-state index contributed by atoms with van der Waals surface area (Å²) in [4.78, 5) is 26.3. The summed E-state index contributed by atoms with van der Waals surface area (Å²) in [5.41, 5.74) is 1.09. The lowest BCUT2D eigenvalue weighted by molar-refractivity contribution is 0.0594. The number of benzene rings is 1. The van der Waals surface area contributed by atoms with Crippen molar-refractivity contribution in [3.63, 3.8) is 0 Å². The van der Waals surface area contributed by atoms with E-state index in [1.807, 2.05) is 6.07 Å². The summed E-state index contributed by atoms with van der Waals surface area (Å²) in [5, 5.41) is 0. The van der Waals surface area contributed by atoms with Gasteiger partial charge in [0.25, 0.3) is 11.5 Å². The van der Waals surface area contributed by atoms with Gasteiger partial charge in [-0.1, -0.05) is 6.07 Å². The van der Waals surface area contributed by atoms with Crippen molar-refractivity contribution in [2.75, 3.05) is 13.1 Å². The van der Waals surface area contributed by atoms with Gasteiger partial charge in [0, 0.05) is 42.9 Å². The number of hydrogen-bond acceptors (Lipinski definition) is 2. The molecule has 1 amide bonds. The second kappa shape index (κ2) is 5.54. The van der Waals surface area contributed by atoms with E-state index in [0.29, 0.717) is 19.6 Å². The van der Waals surface area contributed by atoms with Gasteiger partial charge in [0.2, 0.25) is 0 Å². The minimum Gasteiger partial charge on any atom is -0.338 e. The molecule has 2 atom stereocenters. The van der Waals surface area contributed by atoms with Crippen molar-refractivity contribution >= 4 is 5.91 Å². The summed E-state index contributed by atoms with van der Waals surface area (Å²) in [7, 11) is 0. The predicted octanol–water partition coefficient (Wildman–Crippen LogP) is 2.39. The van der Waals surface area contributed by atoms with Crippen LogP contribution in [0.1, 0.15) is 28.4 Å². The van der Waals surface area contributed by atoms with Crippen LogP contribution < -0.4 is 5.56 Å². The molecule has 1 fully saturated rings. The zero-order valence-corrected chi connectivity index (χ0v) is 12.9. The van der Waals surface area contributed by atoms with Gasteiger partial charge in [0.1, 0.15) is 0 Å². The van der Waals surface area contributed by atoms with Gasteiger partial charge >= 0.3 is 0 Å². The van der Waals surface area contributed by atoms with Gasteiger partial charge in [-0.2, -0.15) is 0 Å². The van der Waals surface area contributed by atoms with Crippen molar-refractivity contribution in [2.45, 2.75) is 18.9 Å². The predicted molar refractivity (Wildman–Crippen MR) is 83.8 cm³/mol. The second-order valence-electron chi connectivity index (χ2n) is 6.54. The first kappa shape index (κ1) is 15.1. The summed E-state index contributed by atoms with van der Waals surface area (Å²) in [6, 6.07) is 8.44. The number of pyridine rings is 1. The fourth-order valence-corrected chi connectivity index (χ4v) is 3.87. The standard InChI is InChI=1S/C18H16F2N2O2/c19-14-5-4-12(7-15(14)20)18(24)21-8-11-6-13(10-21)16-2-1-3-17(23)22(16)9-11/h1-5,7,11,13H,6,8-10H2. The smallest absolute Gasteiger partial charge is 0.253 e. The Balaban J connectivity index is 1.63. The molecule has 2 aliphatic rings. The van der Waals surface area contributed by atoms with Crippen molar-refractivity contribution < 1.29 is 13.6 Å². The summed E-state index contributed by atoms with van der Waals surface area (Å²) in [6.45, 7) is 1.60. The topological polar surface area (TPSA) is 42.3 Å². The average molecular weight is 330 g/mol. The van der Waals surface area contributed by atoms with Crippen LogP contribution in [0.25, 0.3) is 0 Å². The van der Waals surface area contributed by atoms with E-state index < -0.39 is 11.6 Å². The number of likely N-dealkylation sites (tertiary alicyclic amines) is 1. The zero-order chi connectivity index (χ0) is 16.8. The molecule has 124 valence electrons. The molecule has 6 heteroatoms. The van der Waals surface area contributed by atoms with Gasteiger partial charge in [-0.15, -0.1) is 0 Å². The van der Waals surface area contributed by atoms with E-state index >= 15 is 0 Å². The lowest BCUT2D eigenvalue weighted by atomic mass is 9.83. The molecule has 0 N–H and O–H groups in total. The van der Waals surface area contributed by atoms with Crippen LogP contribution in [0.3, 0.4) is 0 Å². The van der Waals surface area contributed by atoms with Crippen molar-refractivity contribution in [3.05, 3.63) is 69.6 Å². The molecule has 0 radical (unpaired) electrons. The Kier molecular flexibility index (Phi) is 3.48. The molecule has 0 spiro atoms. The van der Waals surface area contributed by atoms with E-state index in [0.717, 1.165) is 24.2 Å². The molecule has 2 unspecified atom stereocenters. The Labute approximate surface area is 137 Å². The molecule has 1 aromatic carbocycles. The van der Waals surface area contributed by atoms with Crippen molar-refractivity contribution in [1.29, 1.82) is 0 Å². The van der Waals surface area contributed by atoms with Crippen molar-refractivity contribution in [2.24, 2.45) is 5.92 Å². The third kappa shape index (κ3) is 2.42. The number of nitrogens with zero attached hydrogens (tertiary/aromatic N) is 2. The molecular weight excluding hydrogens is 314 g/mol. The number of carbonyl (C=O) groups is 1. The molecule has 1 aromatic heterocycles. The number of aromatic nitrogens is 1. The van der Waals surface area contributed by atoms with E-state index in [1.165, 1.54) is 6.07 Å². The summed E-state index contributed by atoms with van der Waals surface area (Å²) in [5.74, 6) is -1.98. The Morgan fingerprint density at radius 1 is 1.04 bits per heavy atom. The van der Waals surface area contributed by atoms with E-state index in [2.05, 4.69) is 0 Å². The van der Waals surface area contributed by atoms with Gasteiger partial charge in [-0.3, -0.25) is 9.59 Å². The molecule has 24 heavy (non-hydrogen) atoms. The van der Waals surface area contributed by atoms with Gasteiger partial charge in [0.15, 0.2) is 11.6 Å². The monoisotopic (exact) mass is 330 g/mol. The zero-order valence-electron chi connectivity index (χ0n) is 12.9. The SMILES string of the molecule is O=C(c1ccc(F)c(F)c1)N1CC2CC(C1)c1cccc(=O)n1C2. The van der Waals surface area contributed by atoms with E-state index in [4.69, 9.17) is 0 Å². The highest BCUT2D eigenvalue weighted by Gasteiger charge is 2.36. The van der Waals surface area contributed by atoms with E-state index in [-0.39, 0.29) is 28.9 Å². The lowest BCUT2D eigenvalue weighted by Gasteiger charge is -2.42. The third-order valence-corrected chi connectivity index (χ3v) is 4.93. The number of rotatable bonds is 1. The number of hydrogen-bond donors (Lipinski definition) is 0. The Morgan fingerprint density at radius 3 is 2.67 bits per heavy atom. The van der Waals surface area contributed by atoms with Gasteiger partial charge in [0.05, 0.1) is 0 Å². The summed E-state index contributed by atoms with van der Waals surface area (Å²) in [6.07, 6.45) is 0.936. The molecule has 2 bridgehead atoms. The van der Waals surface area contributed by atoms with Crippen LogP contribution in [-0.2, 0) is 6.54 Å². The van der Waals surface area contributed by atoms with Crippen LogP contribution in [0.15, 0.2) is 41.2 Å². The maximum Gasteiger partial charge on any atom is 0.253 e. The van der Waals surface area contributed by atoms with E-state index in [1.54, 1.807) is 21.6 Å². The molecule has 4 nitrogen and oxygen atoms in total. The maximum absolute atomic E-state index is 13.4. The Morgan fingerprint density at radius 2 is 1.88 bits per heavy atom. The first-order valence-electron chi connectivity index (χ1n) is 7.97. The minimum atomic E-state index is -1.02. The fourth-order valence-electron chi connectivity index (χ4n) is 3.87. The van der Waals surface area contributed by atoms with Crippen LogP contribution in [-0.4, -0.2) is 28.5 Å². The first-order chi connectivity index (χ1) is 11.5. The van der Waals surface area contributed by atoms with Crippen molar-refractivity contribution in [1.82, 2.24) is 9.47 Å². The highest BCUT2D eigenvalue weighted by atomic mass is 19.2. The lowest BCUT2D eigenvalue weighted by Crippen LogP contribution is -2.49. The number of amides is 1. The van der Waals surface area contributed by atoms with Crippen LogP contribution in [0.5, 0.6) is 0 Å². The number of fused-ring (bicyclic) bond motifs is 4. The van der Waals surface area contributed by atoms with Crippen LogP contribution >= 0.6 is 0 Å². The van der Waals surface area contributed by atoms with Crippen LogP contribution in [0.2, 0.25) is 0 Å². The maximum atomic E-state index is 13.4. The first-order valence-corrected chi connectivity index (χ1v) is 7.97. The molecule has 2 aromatic rings. The van der Waals surface area contributed by atoms with E-state index in [9.17, 15) is 18.4 Å². The van der Waals surface area contributed by atoms with Gasteiger partial charge in [-0.25, -0.2) is 8.78 Å². The summed E-state index contributed by atoms with van der Waals surface area (Å²) < 4.78 is 28.2. The highest BCUT2D eigenvalue weighted by Crippen LogP contribution is 2.35. The average Bonchev–Trinajstić information content (AvgIpc) is 2.57. The molecule has 4 rings (SSSR count). The molecule has 1 saturated heterocycles. The molecular formula is C18H16F2N2O2. The molecule has 2 aliphatic heterocycles. The Bertz CT molecular complexity index is 878. The number of halogens is 2. The molecule has 0 saturated carbocycles. The number of piperidine rings is 1. The van der Waals surface area contributed by atoms with Crippen LogP contribution in [0.4, 0.5) is 8.78 Å². The third-order valence-electron chi connectivity index (χ3n) is 4.93. The van der Waals surface area contributed by atoms with Gasteiger partial charge in [-0.05, 0) is 36.6 Å². The quantitative estimate of drug-likeness (QED) is 0.806. The minimum absolute atomic E-state index is 0.0115. The largest absolute Gasteiger partial charge is 0.338 e.